The van der Waals surface area contributed by atoms with Gasteiger partial charge in [-0.1, -0.05) is 24.3 Å². The Kier molecular flexibility index (Phi) is 4.89. The number of benzene rings is 3. The minimum Gasteiger partial charge on any atom is -0.322 e. The Morgan fingerprint density at radius 3 is 2.39 bits per heavy atom. The maximum absolute atomic E-state index is 13.1. The Morgan fingerprint density at radius 2 is 1.64 bits per heavy atom. The normalized spacial score (nSPS) is 13.0. The van der Waals surface area contributed by atoms with E-state index in [1.807, 2.05) is 36.4 Å². The SMILES string of the molecule is O=C(Nc1ccc2c(c1)N(C(=O)c1ccccc1)CCC2)c1ccc(F)cc1. The highest BCUT2D eigenvalue weighted by atomic mass is 19.1. The summed E-state index contributed by atoms with van der Waals surface area (Å²) in [7, 11) is 0. The molecule has 3 aromatic carbocycles. The molecule has 1 aliphatic rings. The molecule has 0 atom stereocenters. The van der Waals surface area contributed by atoms with Crippen LogP contribution in [0.3, 0.4) is 0 Å². The minimum atomic E-state index is -0.389. The highest BCUT2D eigenvalue weighted by Gasteiger charge is 2.24. The second-order valence-electron chi connectivity index (χ2n) is 6.73. The zero-order chi connectivity index (χ0) is 19.5. The number of carbonyl (C=O) groups is 2. The number of fused-ring (bicyclic) bond motifs is 1. The quantitative estimate of drug-likeness (QED) is 0.724. The van der Waals surface area contributed by atoms with Crippen molar-refractivity contribution >= 4 is 23.2 Å². The molecular formula is C23H19FN2O2. The topological polar surface area (TPSA) is 49.4 Å². The van der Waals surface area contributed by atoms with Gasteiger partial charge in [-0.25, -0.2) is 4.39 Å². The number of rotatable bonds is 3. The Bertz CT molecular complexity index is 1020. The molecule has 0 spiro atoms. The average Bonchev–Trinajstić information content (AvgIpc) is 2.74. The van der Waals surface area contributed by atoms with Crippen molar-refractivity contribution in [2.45, 2.75) is 12.8 Å². The molecule has 0 bridgehead atoms. The van der Waals surface area contributed by atoms with Crippen LogP contribution in [0.4, 0.5) is 15.8 Å². The van der Waals surface area contributed by atoms with Gasteiger partial charge in [0, 0.05) is 29.0 Å². The van der Waals surface area contributed by atoms with E-state index in [0.29, 0.717) is 23.4 Å². The van der Waals surface area contributed by atoms with Crippen LogP contribution in [0.5, 0.6) is 0 Å². The van der Waals surface area contributed by atoms with Gasteiger partial charge >= 0.3 is 0 Å². The van der Waals surface area contributed by atoms with Crippen molar-refractivity contribution in [2.24, 2.45) is 0 Å². The Balaban J connectivity index is 1.60. The monoisotopic (exact) mass is 374 g/mol. The van der Waals surface area contributed by atoms with Gasteiger partial charge in [0.05, 0.1) is 0 Å². The third-order valence-electron chi connectivity index (χ3n) is 4.83. The summed E-state index contributed by atoms with van der Waals surface area (Å²) in [6, 6.07) is 20.2. The molecule has 0 saturated carbocycles. The molecule has 0 saturated heterocycles. The molecular weight excluding hydrogens is 355 g/mol. The number of nitrogens with zero attached hydrogens (tertiary/aromatic N) is 1. The van der Waals surface area contributed by atoms with Crippen molar-refractivity contribution in [1.82, 2.24) is 0 Å². The fourth-order valence-corrected chi connectivity index (χ4v) is 3.40. The molecule has 1 N–H and O–H groups in total. The van der Waals surface area contributed by atoms with E-state index in [0.717, 1.165) is 24.1 Å². The molecule has 0 radical (unpaired) electrons. The third kappa shape index (κ3) is 3.64. The number of aryl methyl sites for hydroxylation is 1. The van der Waals surface area contributed by atoms with Crippen LogP contribution in [0.2, 0.25) is 0 Å². The van der Waals surface area contributed by atoms with Gasteiger partial charge in [-0.15, -0.1) is 0 Å². The van der Waals surface area contributed by atoms with E-state index in [-0.39, 0.29) is 17.6 Å². The fraction of sp³-hybridized carbons (Fsp3) is 0.130. The molecule has 1 heterocycles. The van der Waals surface area contributed by atoms with Crippen LogP contribution in [0.15, 0.2) is 72.8 Å². The first-order valence-corrected chi connectivity index (χ1v) is 9.18. The van der Waals surface area contributed by atoms with Crippen molar-refractivity contribution in [1.29, 1.82) is 0 Å². The predicted octanol–water partition coefficient (Wildman–Crippen LogP) is 4.67. The van der Waals surface area contributed by atoms with Gasteiger partial charge < -0.3 is 10.2 Å². The van der Waals surface area contributed by atoms with E-state index in [2.05, 4.69) is 5.32 Å². The van der Waals surface area contributed by atoms with Crippen molar-refractivity contribution < 1.29 is 14.0 Å². The first kappa shape index (κ1) is 17.9. The lowest BCUT2D eigenvalue weighted by atomic mass is 10.00. The molecule has 0 unspecified atom stereocenters. The van der Waals surface area contributed by atoms with Crippen LogP contribution in [-0.2, 0) is 6.42 Å². The van der Waals surface area contributed by atoms with Crippen LogP contribution < -0.4 is 10.2 Å². The van der Waals surface area contributed by atoms with Gasteiger partial charge in [-0.3, -0.25) is 9.59 Å². The van der Waals surface area contributed by atoms with E-state index < -0.39 is 0 Å². The smallest absolute Gasteiger partial charge is 0.258 e. The minimum absolute atomic E-state index is 0.0523. The summed E-state index contributed by atoms with van der Waals surface area (Å²) in [5.74, 6) is -0.763. The molecule has 1 aliphatic heterocycles. The van der Waals surface area contributed by atoms with Crippen LogP contribution in [0.25, 0.3) is 0 Å². The number of amides is 2. The van der Waals surface area contributed by atoms with Crippen LogP contribution in [0.1, 0.15) is 32.7 Å². The maximum Gasteiger partial charge on any atom is 0.258 e. The van der Waals surface area contributed by atoms with Crippen molar-refractivity contribution in [3.8, 4) is 0 Å². The van der Waals surface area contributed by atoms with Crippen LogP contribution in [0, 0.1) is 5.82 Å². The fourth-order valence-electron chi connectivity index (χ4n) is 3.40. The lowest BCUT2D eigenvalue weighted by Crippen LogP contribution is -2.35. The molecule has 5 heteroatoms. The largest absolute Gasteiger partial charge is 0.322 e. The first-order chi connectivity index (χ1) is 13.6. The summed E-state index contributed by atoms with van der Waals surface area (Å²) >= 11 is 0. The lowest BCUT2D eigenvalue weighted by Gasteiger charge is -2.30. The van der Waals surface area contributed by atoms with E-state index in [9.17, 15) is 14.0 Å². The molecule has 0 fully saturated rings. The number of carbonyl (C=O) groups excluding carboxylic acids is 2. The predicted molar refractivity (Wildman–Crippen MR) is 107 cm³/mol. The molecule has 0 aromatic heterocycles. The summed E-state index contributed by atoms with van der Waals surface area (Å²) in [6.45, 7) is 0.635. The lowest BCUT2D eigenvalue weighted by molar-refractivity contribution is 0.0984. The standard InChI is InChI=1S/C23H19FN2O2/c24-19-11-8-17(9-12-19)22(27)25-20-13-10-16-7-4-14-26(21(16)15-20)23(28)18-5-2-1-3-6-18/h1-3,5-6,8-13,15H,4,7,14H2,(H,25,27). The summed E-state index contributed by atoms with van der Waals surface area (Å²) in [4.78, 5) is 27.1. The molecule has 2 amide bonds. The zero-order valence-electron chi connectivity index (χ0n) is 15.2. The Labute approximate surface area is 162 Å². The van der Waals surface area contributed by atoms with E-state index in [1.54, 1.807) is 17.0 Å². The summed E-state index contributed by atoms with van der Waals surface area (Å²) in [5, 5.41) is 2.83. The molecule has 28 heavy (non-hydrogen) atoms. The number of halogens is 1. The van der Waals surface area contributed by atoms with E-state index in [4.69, 9.17) is 0 Å². The maximum atomic E-state index is 13.1. The van der Waals surface area contributed by atoms with Gasteiger partial charge in [0.2, 0.25) is 0 Å². The molecule has 4 nitrogen and oxygen atoms in total. The van der Waals surface area contributed by atoms with Crippen molar-refractivity contribution in [3.05, 3.63) is 95.3 Å². The summed E-state index contributed by atoms with van der Waals surface area (Å²) in [5.41, 5.74) is 3.50. The number of anilines is 2. The number of hydrogen-bond donors (Lipinski definition) is 1. The van der Waals surface area contributed by atoms with Gasteiger partial charge in [0.25, 0.3) is 11.8 Å². The highest BCUT2D eigenvalue weighted by molar-refractivity contribution is 6.08. The summed E-state index contributed by atoms with van der Waals surface area (Å²) < 4.78 is 13.1. The van der Waals surface area contributed by atoms with Gasteiger partial charge in [0.1, 0.15) is 5.82 Å². The van der Waals surface area contributed by atoms with Crippen molar-refractivity contribution in [2.75, 3.05) is 16.8 Å². The van der Waals surface area contributed by atoms with Crippen molar-refractivity contribution in [3.63, 3.8) is 0 Å². The van der Waals surface area contributed by atoms with Crippen LogP contribution >= 0.6 is 0 Å². The van der Waals surface area contributed by atoms with Gasteiger partial charge in [-0.05, 0) is 66.9 Å². The molecule has 140 valence electrons. The second-order valence-corrected chi connectivity index (χ2v) is 6.73. The Morgan fingerprint density at radius 1 is 0.893 bits per heavy atom. The number of nitrogens with one attached hydrogen (secondary N) is 1. The zero-order valence-corrected chi connectivity index (χ0v) is 15.2. The Hall–Kier alpha value is -3.47. The van der Waals surface area contributed by atoms with Crippen LogP contribution in [-0.4, -0.2) is 18.4 Å². The molecule has 4 rings (SSSR count). The first-order valence-electron chi connectivity index (χ1n) is 9.18. The van der Waals surface area contributed by atoms with Gasteiger partial charge in [-0.2, -0.15) is 0 Å². The molecule has 0 aliphatic carbocycles. The van der Waals surface area contributed by atoms with E-state index in [1.165, 1.54) is 24.3 Å². The average molecular weight is 374 g/mol. The van der Waals surface area contributed by atoms with Gasteiger partial charge in [0.15, 0.2) is 0 Å². The van der Waals surface area contributed by atoms with E-state index >= 15 is 0 Å². The highest BCUT2D eigenvalue weighted by Crippen LogP contribution is 2.31. The third-order valence-corrected chi connectivity index (χ3v) is 4.83. The number of hydrogen-bond acceptors (Lipinski definition) is 2. The second kappa shape index (κ2) is 7.64. The molecule has 3 aromatic rings. The summed E-state index contributed by atoms with van der Waals surface area (Å²) in [6.07, 6.45) is 1.78.